The first-order valence-electron chi connectivity index (χ1n) is 6.50. The lowest BCUT2D eigenvalue weighted by molar-refractivity contribution is -0.325. The molecule has 0 fully saturated rings. The lowest BCUT2D eigenvalue weighted by Gasteiger charge is -2.26. The summed E-state index contributed by atoms with van der Waals surface area (Å²) in [5, 5.41) is 8.25. The van der Waals surface area contributed by atoms with Gasteiger partial charge in [0.15, 0.2) is 0 Å². The van der Waals surface area contributed by atoms with Crippen molar-refractivity contribution in [3.05, 3.63) is 0 Å². The summed E-state index contributed by atoms with van der Waals surface area (Å²) in [6.45, 7) is 9.43. The molecule has 0 bridgehead atoms. The predicted octanol–water partition coefficient (Wildman–Crippen LogP) is 3.62. The van der Waals surface area contributed by atoms with Crippen LogP contribution in [0.5, 0.6) is 0 Å². The average Bonchev–Trinajstić information content (AvgIpc) is 2.22. The Morgan fingerprint density at radius 2 is 0.800 bits per heavy atom. The molecular formula is C13H31OP. The minimum absolute atomic E-state index is 0.496. The minimum atomic E-state index is -0.496. The van der Waals surface area contributed by atoms with Crippen molar-refractivity contribution in [2.24, 2.45) is 0 Å². The molecule has 0 N–H and O–H groups in total. The molecule has 0 aromatic carbocycles. The molecule has 0 aromatic rings. The summed E-state index contributed by atoms with van der Waals surface area (Å²) in [7, 11) is 0.254. The van der Waals surface area contributed by atoms with Crippen LogP contribution < -0.4 is 5.11 Å². The van der Waals surface area contributed by atoms with Gasteiger partial charge in [0.1, 0.15) is 0 Å². The van der Waals surface area contributed by atoms with Gasteiger partial charge in [0.05, 0.1) is 24.6 Å². The van der Waals surface area contributed by atoms with Crippen molar-refractivity contribution in [2.45, 2.75) is 53.4 Å². The SMILES string of the molecule is CCC[P+](CCC)(CCC)CCC.C[O-]. The minimum Gasteiger partial charge on any atom is -0.857 e. The van der Waals surface area contributed by atoms with Gasteiger partial charge in [-0.3, -0.25) is 0 Å². The van der Waals surface area contributed by atoms with Gasteiger partial charge >= 0.3 is 0 Å². The molecule has 0 unspecified atom stereocenters. The zero-order chi connectivity index (χ0) is 12.2. The van der Waals surface area contributed by atoms with E-state index in [2.05, 4.69) is 27.7 Å². The highest BCUT2D eigenvalue weighted by Crippen LogP contribution is 2.60. The lowest BCUT2D eigenvalue weighted by Crippen LogP contribution is -2.10. The third-order valence-electron chi connectivity index (χ3n) is 2.79. The maximum atomic E-state index is 8.25. The van der Waals surface area contributed by atoms with Crippen LogP contribution in [0.4, 0.5) is 0 Å². The first-order chi connectivity index (χ1) is 7.24. The molecule has 2 heteroatoms. The number of hydrogen-bond acceptors (Lipinski definition) is 1. The van der Waals surface area contributed by atoms with Gasteiger partial charge in [-0.15, -0.1) is 0 Å². The maximum Gasteiger partial charge on any atom is 0.0591 e. The van der Waals surface area contributed by atoms with Crippen molar-refractivity contribution in [1.29, 1.82) is 0 Å². The molecule has 0 aliphatic carbocycles. The molecule has 0 aromatic heterocycles. The van der Waals surface area contributed by atoms with Crippen LogP contribution in [0.2, 0.25) is 0 Å². The Morgan fingerprint density at radius 1 is 0.600 bits per heavy atom. The van der Waals surface area contributed by atoms with Crippen molar-refractivity contribution < 1.29 is 5.11 Å². The first-order valence-corrected chi connectivity index (χ1v) is 9.03. The second-order valence-corrected chi connectivity index (χ2v) is 8.71. The highest BCUT2D eigenvalue weighted by molar-refractivity contribution is 7.75. The van der Waals surface area contributed by atoms with Gasteiger partial charge in [-0.1, -0.05) is 27.7 Å². The summed E-state index contributed by atoms with van der Waals surface area (Å²) in [4.78, 5) is 0. The molecule has 94 valence electrons. The number of hydrogen-bond donors (Lipinski definition) is 0. The standard InChI is InChI=1S/C12H28P.CH3O/c1-5-9-13(10-6-2,11-7-3)12-8-4;1-2/h5-12H2,1-4H3;1H3/q+1;-1. The zero-order valence-electron chi connectivity index (χ0n) is 11.5. The van der Waals surface area contributed by atoms with Gasteiger partial charge in [0.2, 0.25) is 0 Å². The van der Waals surface area contributed by atoms with Crippen molar-refractivity contribution >= 4 is 7.26 Å². The van der Waals surface area contributed by atoms with Crippen LogP contribution in [0.15, 0.2) is 0 Å². The quantitative estimate of drug-likeness (QED) is 0.588. The van der Waals surface area contributed by atoms with Crippen LogP contribution in [0.25, 0.3) is 0 Å². The predicted molar refractivity (Wildman–Crippen MR) is 73.5 cm³/mol. The Morgan fingerprint density at radius 3 is 0.933 bits per heavy atom. The van der Waals surface area contributed by atoms with E-state index in [9.17, 15) is 0 Å². The van der Waals surface area contributed by atoms with E-state index in [1.807, 2.05) is 0 Å². The van der Waals surface area contributed by atoms with E-state index in [4.69, 9.17) is 5.11 Å². The monoisotopic (exact) mass is 234 g/mol. The lowest BCUT2D eigenvalue weighted by atomic mass is 10.5. The Hall–Kier alpha value is 0.390. The molecule has 0 atom stereocenters. The Balaban J connectivity index is 0. The van der Waals surface area contributed by atoms with Gasteiger partial charge in [0.25, 0.3) is 0 Å². The fraction of sp³-hybridized carbons (Fsp3) is 1.00. The summed E-state index contributed by atoms with van der Waals surface area (Å²) in [6.07, 6.45) is 11.9. The van der Waals surface area contributed by atoms with Crippen LogP contribution in [0, 0.1) is 0 Å². The summed E-state index contributed by atoms with van der Waals surface area (Å²) in [6, 6.07) is 0. The fourth-order valence-electron chi connectivity index (χ4n) is 2.57. The van der Waals surface area contributed by atoms with E-state index in [1.165, 1.54) is 25.7 Å². The molecule has 0 saturated carbocycles. The van der Waals surface area contributed by atoms with Gasteiger partial charge in [-0.05, 0) is 25.7 Å². The molecule has 0 spiro atoms. The summed E-state index contributed by atoms with van der Waals surface area (Å²) in [5.74, 6) is 0. The second-order valence-electron chi connectivity index (χ2n) is 4.24. The topological polar surface area (TPSA) is 23.1 Å². The highest BCUT2D eigenvalue weighted by atomic mass is 31.2. The average molecular weight is 234 g/mol. The molecule has 0 heterocycles. The van der Waals surface area contributed by atoms with Crippen LogP contribution >= 0.6 is 7.26 Å². The van der Waals surface area contributed by atoms with E-state index >= 15 is 0 Å². The molecule has 0 saturated heterocycles. The maximum absolute atomic E-state index is 8.25. The van der Waals surface area contributed by atoms with Crippen molar-refractivity contribution in [2.75, 3.05) is 31.8 Å². The summed E-state index contributed by atoms with van der Waals surface area (Å²) >= 11 is 0. The van der Waals surface area contributed by atoms with E-state index in [0.717, 1.165) is 7.11 Å². The van der Waals surface area contributed by atoms with Crippen LogP contribution in [-0.2, 0) is 0 Å². The molecule has 0 rings (SSSR count). The molecule has 0 aliphatic rings. The van der Waals surface area contributed by atoms with Gasteiger partial charge < -0.3 is 5.11 Å². The summed E-state index contributed by atoms with van der Waals surface area (Å²) < 4.78 is 0. The van der Waals surface area contributed by atoms with Gasteiger partial charge in [0, 0.05) is 7.26 Å². The fourth-order valence-corrected chi connectivity index (χ4v) is 7.70. The van der Waals surface area contributed by atoms with E-state index in [-0.39, 0.29) is 0 Å². The second kappa shape index (κ2) is 12.5. The van der Waals surface area contributed by atoms with Crippen molar-refractivity contribution in [3.63, 3.8) is 0 Å². The van der Waals surface area contributed by atoms with Gasteiger partial charge in [-0.25, -0.2) is 0 Å². The van der Waals surface area contributed by atoms with Gasteiger partial charge in [-0.2, -0.15) is 7.11 Å². The van der Waals surface area contributed by atoms with E-state index in [0.29, 0.717) is 0 Å². The molecule has 0 aliphatic heterocycles. The molecule has 15 heavy (non-hydrogen) atoms. The van der Waals surface area contributed by atoms with Crippen LogP contribution in [-0.4, -0.2) is 31.8 Å². The van der Waals surface area contributed by atoms with E-state index in [1.54, 1.807) is 24.6 Å². The Kier molecular flexibility index (Phi) is 14.8. The Bertz CT molecular complexity index is 85.6. The van der Waals surface area contributed by atoms with Crippen molar-refractivity contribution in [1.82, 2.24) is 0 Å². The summed E-state index contributed by atoms with van der Waals surface area (Å²) in [5.41, 5.74) is 0. The third-order valence-corrected chi connectivity index (χ3v) is 8.38. The normalized spacial score (nSPS) is 10.8. The van der Waals surface area contributed by atoms with E-state index < -0.39 is 7.26 Å². The molecule has 0 radical (unpaired) electrons. The highest BCUT2D eigenvalue weighted by Gasteiger charge is 2.32. The smallest absolute Gasteiger partial charge is 0.0591 e. The first kappa shape index (κ1) is 17.8. The van der Waals surface area contributed by atoms with Crippen LogP contribution in [0.1, 0.15) is 53.4 Å². The zero-order valence-corrected chi connectivity index (χ0v) is 12.4. The number of rotatable bonds is 8. The molecule has 0 amide bonds. The molecule has 1 nitrogen and oxygen atoms in total. The largest absolute Gasteiger partial charge is 0.857 e. The Labute approximate surface area is 98.0 Å². The van der Waals surface area contributed by atoms with Crippen molar-refractivity contribution in [3.8, 4) is 0 Å². The van der Waals surface area contributed by atoms with Crippen LogP contribution in [0.3, 0.4) is 0 Å². The molecular weight excluding hydrogens is 203 g/mol. The third kappa shape index (κ3) is 8.22.